The Hall–Kier alpha value is -1.16. The first kappa shape index (κ1) is 10.4. The first-order chi connectivity index (χ1) is 7.20. The summed E-state index contributed by atoms with van der Waals surface area (Å²) in [6.45, 7) is -1.84. The minimum absolute atomic E-state index is 0.220. The lowest BCUT2D eigenvalue weighted by Crippen LogP contribution is -2.04. The standard InChI is InChI=1S/C11H11F2O2/c12-11(13)15-10-4-1-7(6-14)5-9(10)8-2-3-8/h1,4-6,8,11,14H,2-3H2. The molecule has 2 nitrogen and oxygen atoms in total. The summed E-state index contributed by atoms with van der Waals surface area (Å²) in [5, 5.41) is 8.82. The largest absolute Gasteiger partial charge is 0.435 e. The van der Waals surface area contributed by atoms with E-state index in [1.165, 1.54) is 6.07 Å². The van der Waals surface area contributed by atoms with Gasteiger partial charge in [0.1, 0.15) is 12.4 Å². The fourth-order valence-electron chi connectivity index (χ4n) is 1.56. The fraction of sp³-hybridized carbons (Fsp3) is 0.364. The molecule has 4 heteroatoms. The van der Waals surface area contributed by atoms with Gasteiger partial charge in [0.25, 0.3) is 0 Å². The van der Waals surface area contributed by atoms with Crippen molar-refractivity contribution in [2.75, 3.05) is 0 Å². The first-order valence-electron chi connectivity index (χ1n) is 4.77. The molecule has 2 rings (SSSR count). The summed E-state index contributed by atoms with van der Waals surface area (Å²) in [5.41, 5.74) is 1.37. The summed E-state index contributed by atoms with van der Waals surface area (Å²) in [5.74, 6) is 0.525. The van der Waals surface area contributed by atoms with Crippen molar-refractivity contribution in [3.63, 3.8) is 0 Å². The lowest BCUT2D eigenvalue weighted by Gasteiger charge is -2.10. The molecule has 0 unspecified atom stereocenters. The number of aliphatic hydroxyl groups excluding tert-OH is 1. The van der Waals surface area contributed by atoms with Gasteiger partial charge in [-0.15, -0.1) is 0 Å². The number of halogens is 2. The van der Waals surface area contributed by atoms with E-state index >= 15 is 0 Å². The molecule has 1 aromatic carbocycles. The minimum atomic E-state index is -2.80. The van der Waals surface area contributed by atoms with Gasteiger partial charge in [0.2, 0.25) is 0 Å². The molecule has 1 radical (unpaired) electrons. The van der Waals surface area contributed by atoms with Crippen LogP contribution in [0.4, 0.5) is 8.78 Å². The number of hydrogen-bond donors (Lipinski definition) is 1. The van der Waals surface area contributed by atoms with E-state index < -0.39 is 6.61 Å². The number of alkyl halides is 2. The SMILES string of the molecule is O[CH]c1ccc(OC(F)F)c(C2CC2)c1. The van der Waals surface area contributed by atoms with Gasteiger partial charge in [0.15, 0.2) is 0 Å². The van der Waals surface area contributed by atoms with E-state index in [9.17, 15) is 8.78 Å². The van der Waals surface area contributed by atoms with Crippen molar-refractivity contribution in [1.82, 2.24) is 0 Å². The van der Waals surface area contributed by atoms with Gasteiger partial charge < -0.3 is 9.84 Å². The predicted octanol–water partition coefficient (Wildman–Crippen LogP) is 3.05. The second kappa shape index (κ2) is 4.14. The predicted molar refractivity (Wildman–Crippen MR) is 50.4 cm³/mol. The zero-order chi connectivity index (χ0) is 10.8. The molecule has 1 aliphatic rings. The van der Waals surface area contributed by atoms with Gasteiger partial charge in [-0.1, -0.05) is 6.07 Å². The average Bonchev–Trinajstić information content (AvgIpc) is 3.01. The maximum atomic E-state index is 12.1. The second-order valence-corrected chi connectivity index (χ2v) is 3.58. The van der Waals surface area contributed by atoms with Gasteiger partial charge in [-0.3, -0.25) is 0 Å². The fourth-order valence-corrected chi connectivity index (χ4v) is 1.56. The molecule has 0 aromatic heterocycles. The number of rotatable bonds is 4. The van der Waals surface area contributed by atoms with Crippen LogP contribution in [0.2, 0.25) is 0 Å². The van der Waals surface area contributed by atoms with E-state index in [-0.39, 0.29) is 5.75 Å². The molecule has 1 N–H and O–H groups in total. The topological polar surface area (TPSA) is 29.5 Å². The van der Waals surface area contributed by atoms with Gasteiger partial charge in [-0.2, -0.15) is 8.78 Å². The number of benzene rings is 1. The normalized spacial score (nSPS) is 15.7. The summed E-state index contributed by atoms with van der Waals surface area (Å²) in [6.07, 6.45) is 1.99. The number of hydrogen-bond acceptors (Lipinski definition) is 2. The quantitative estimate of drug-likeness (QED) is 0.832. The van der Waals surface area contributed by atoms with Gasteiger partial charge in [0.05, 0.1) is 0 Å². The van der Waals surface area contributed by atoms with Crippen LogP contribution in [0.1, 0.15) is 29.9 Å². The van der Waals surface area contributed by atoms with E-state index in [0.717, 1.165) is 25.0 Å². The van der Waals surface area contributed by atoms with Gasteiger partial charge in [-0.25, -0.2) is 0 Å². The van der Waals surface area contributed by atoms with Crippen molar-refractivity contribution in [2.24, 2.45) is 0 Å². The van der Waals surface area contributed by atoms with E-state index in [0.29, 0.717) is 11.5 Å². The lowest BCUT2D eigenvalue weighted by atomic mass is 10.1. The highest BCUT2D eigenvalue weighted by Gasteiger charge is 2.27. The molecule has 0 saturated heterocycles. The Bertz CT molecular complexity index is 348. The Morgan fingerprint density at radius 2 is 2.13 bits per heavy atom. The van der Waals surface area contributed by atoms with Crippen molar-refractivity contribution >= 4 is 0 Å². The van der Waals surface area contributed by atoms with Gasteiger partial charge in [0, 0.05) is 0 Å². The Morgan fingerprint density at radius 3 is 2.67 bits per heavy atom. The van der Waals surface area contributed by atoms with Crippen LogP contribution in [0.15, 0.2) is 18.2 Å². The van der Waals surface area contributed by atoms with Crippen LogP contribution >= 0.6 is 0 Å². The molecule has 0 aliphatic heterocycles. The molecule has 1 aromatic rings. The average molecular weight is 213 g/mol. The summed E-state index contributed by atoms with van der Waals surface area (Å²) < 4.78 is 28.6. The van der Waals surface area contributed by atoms with Crippen LogP contribution in [-0.4, -0.2) is 11.7 Å². The minimum Gasteiger partial charge on any atom is -0.435 e. The molecular formula is C11H11F2O2. The third-order valence-electron chi connectivity index (χ3n) is 2.42. The number of aliphatic hydroxyl groups is 1. The van der Waals surface area contributed by atoms with Crippen LogP contribution in [0.3, 0.4) is 0 Å². The van der Waals surface area contributed by atoms with Crippen LogP contribution in [0, 0.1) is 6.61 Å². The molecule has 0 heterocycles. The molecule has 1 fully saturated rings. The number of ether oxygens (including phenoxy) is 1. The monoisotopic (exact) mass is 213 g/mol. The Balaban J connectivity index is 2.27. The molecular weight excluding hydrogens is 202 g/mol. The summed E-state index contributed by atoms with van der Waals surface area (Å²) in [4.78, 5) is 0. The van der Waals surface area contributed by atoms with Gasteiger partial charge in [-0.05, 0) is 42.0 Å². The zero-order valence-corrected chi connectivity index (χ0v) is 7.99. The van der Waals surface area contributed by atoms with Crippen molar-refractivity contribution in [2.45, 2.75) is 25.4 Å². The summed E-state index contributed by atoms with van der Waals surface area (Å²) in [6, 6.07) is 4.71. The molecule has 0 spiro atoms. The van der Waals surface area contributed by atoms with E-state index in [1.54, 1.807) is 12.1 Å². The Morgan fingerprint density at radius 1 is 1.40 bits per heavy atom. The van der Waals surface area contributed by atoms with Crippen LogP contribution in [0.5, 0.6) is 5.75 Å². The smallest absolute Gasteiger partial charge is 0.387 e. The summed E-state index contributed by atoms with van der Waals surface area (Å²) in [7, 11) is 0. The third kappa shape index (κ3) is 2.45. The first-order valence-corrected chi connectivity index (χ1v) is 4.77. The molecule has 1 saturated carbocycles. The maximum Gasteiger partial charge on any atom is 0.387 e. The maximum absolute atomic E-state index is 12.1. The Kier molecular flexibility index (Phi) is 2.86. The highest BCUT2D eigenvalue weighted by molar-refractivity contribution is 5.43. The van der Waals surface area contributed by atoms with E-state index in [1.807, 2.05) is 0 Å². The van der Waals surface area contributed by atoms with Crippen LogP contribution in [0.25, 0.3) is 0 Å². The molecule has 0 atom stereocenters. The Labute approximate surface area is 86.5 Å². The van der Waals surface area contributed by atoms with Crippen molar-refractivity contribution in [3.05, 3.63) is 35.9 Å². The molecule has 15 heavy (non-hydrogen) atoms. The lowest BCUT2D eigenvalue weighted by molar-refractivity contribution is -0.0504. The third-order valence-corrected chi connectivity index (χ3v) is 2.42. The molecule has 81 valence electrons. The second-order valence-electron chi connectivity index (χ2n) is 3.58. The highest BCUT2D eigenvalue weighted by atomic mass is 19.3. The van der Waals surface area contributed by atoms with Crippen molar-refractivity contribution < 1.29 is 18.6 Å². The zero-order valence-electron chi connectivity index (χ0n) is 7.99. The molecule has 0 bridgehead atoms. The van der Waals surface area contributed by atoms with Crippen molar-refractivity contribution in [1.29, 1.82) is 0 Å². The summed E-state index contributed by atoms with van der Waals surface area (Å²) >= 11 is 0. The van der Waals surface area contributed by atoms with E-state index in [4.69, 9.17) is 5.11 Å². The van der Waals surface area contributed by atoms with Crippen LogP contribution in [-0.2, 0) is 0 Å². The van der Waals surface area contributed by atoms with Crippen LogP contribution < -0.4 is 4.74 Å². The van der Waals surface area contributed by atoms with Gasteiger partial charge >= 0.3 is 6.61 Å². The van der Waals surface area contributed by atoms with Crippen molar-refractivity contribution in [3.8, 4) is 5.75 Å². The molecule has 0 amide bonds. The van der Waals surface area contributed by atoms with E-state index in [2.05, 4.69) is 4.74 Å². The highest BCUT2D eigenvalue weighted by Crippen LogP contribution is 2.45. The molecule has 1 aliphatic carbocycles.